The highest BCUT2D eigenvalue weighted by Gasteiger charge is 2.31. The maximum Gasteiger partial charge on any atom is 0.262 e. The van der Waals surface area contributed by atoms with Crippen molar-refractivity contribution in [2.24, 2.45) is 0 Å². The van der Waals surface area contributed by atoms with E-state index in [4.69, 9.17) is 14.2 Å². The first-order valence-corrected chi connectivity index (χ1v) is 12.7. The molecule has 1 fully saturated rings. The van der Waals surface area contributed by atoms with E-state index < -0.39 is 20.0 Å². The van der Waals surface area contributed by atoms with Crippen molar-refractivity contribution >= 4 is 25.7 Å². The Balaban J connectivity index is 1.98. The van der Waals surface area contributed by atoms with Crippen LogP contribution in [-0.4, -0.2) is 55.1 Å². The van der Waals surface area contributed by atoms with Gasteiger partial charge in [-0.05, 0) is 50.1 Å². The van der Waals surface area contributed by atoms with E-state index in [0.717, 1.165) is 12.8 Å². The van der Waals surface area contributed by atoms with Gasteiger partial charge in [-0.1, -0.05) is 0 Å². The Kier molecular flexibility index (Phi) is 6.97. The summed E-state index contributed by atoms with van der Waals surface area (Å²) in [7, 11) is -4.97. The summed E-state index contributed by atoms with van der Waals surface area (Å²) in [4.78, 5) is -0.119. The highest BCUT2D eigenvalue weighted by Crippen LogP contribution is 2.33. The molecule has 1 N–H and O–H groups in total. The summed E-state index contributed by atoms with van der Waals surface area (Å²) in [5, 5.41) is 0. The van der Waals surface area contributed by atoms with Crippen LogP contribution in [0.1, 0.15) is 19.8 Å². The van der Waals surface area contributed by atoms with Gasteiger partial charge in [0.1, 0.15) is 10.6 Å². The number of nitrogens with one attached hydrogen (secondary N) is 1. The van der Waals surface area contributed by atoms with Gasteiger partial charge >= 0.3 is 0 Å². The molecular weight excluding hydrogens is 444 g/mol. The van der Waals surface area contributed by atoms with Gasteiger partial charge in [0.05, 0.1) is 31.4 Å². The van der Waals surface area contributed by atoms with E-state index in [1.54, 1.807) is 6.92 Å². The maximum absolute atomic E-state index is 13.1. The Morgan fingerprint density at radius 1 is 0.903 bits per heavy atom. The molecule has 0 aromatic heterocycles. The van der Waals surface area contributed by atoms with Crippen LogP contribution >= 0.6 is 0 Å². The van der Waals surface area contributed by atoms with Crippen LogP contribution in [0.3, 0.4) is 0 Å². The van der Waals surface area contributed by atoms with Gasteiger partial charge in [0, 0.05) is 19.2 Å². The van der Waals surface area contributed by atoms with Crippen molar-refractivity contribution in [3.63, 3.8) is 0 Å². The number of hydrogen-bond acceptors (Lipinski definition) is 7. The third-order valence-electron chi connectivity index (χ3n) is 4.84. The van der Waals surface area contributed by atoms with Gasteiger partial charge in [-0.2, -0.15) is 4.31 Å². The van der Waals surface area contributed by atoms with Crippen molar-refractivity contribution < 1.29 is 31.0 Å². The highest BCUT2D eigenvalue weighted by atomic mass is 32.2. The average Bonchev–Trinajstić information content (AvgIpc) is 3.30. The molecule has 1 aliphatic rings. The van der Waals surface area contributed by atoms with Crippen molar-refractivity contribution in [2.45, 2.75) is 29.6 Å². The van der Waals surface area contributed by atoms with Crippen LogP contribution < -0.4 is 18.9 Å². The minimum Gasteiger partial charge on any atom is -0.493 e. The fourth-order valence-electron chi connectivity index (χ4n) is 3.31. The van der Waals surface area contributed by atoms with Gasteiger partial charge in [-0.3, -0.25) is 4.72 Å². The lowest BCUT2D eigenvalue weighted by Gasteiger charge is -2.19. The lowest BCUT2D eigenvalue weighted by atomic mass is 10.3. The van der Waals surface area contributed by atoms with Crippen LogP contribution in [0.25, 0.3) is 0 Å². The Hall–Kier alpha value is -2.50. The molecule has 2 aromatic rings. The monoisotopic (exact) mass is 470 g/mol. The standard InChI is InChI=1S/C20H26N2O7S2/c1-4-29-18-9-7-15(13-20(18)31(25,26)22-11-5-6-12-22)21-30(23,24)16-8-10-17(27-2)19(14-16)28-3/h7-10,13-14,21H,4-6,11-12H2,1-3H3. The molecular formula is C20H26N2O7S2. The smallest absolute Gasteiger partial charge is 0.262 e. The molecule has 0 aliphatic carbocycles. The third kappa shape index (κ3) is 4.89. The molecule has 0 saturated carbocycles. The molecule has 0 bridgehead atoms. The lowest BCUT2D eigenvalue weighted by Crippen LogP contribution is -2.28. The summed E-state index contributed by atoms with van der Waals surface area (Å²) >= 11 is 0. The quantitative estimate of drug-likeness (QED) is 0.600. The molecule has 0 unspecified atom stereocenters. The molecule has 0 atom stereocenters. The van der Waals surface area contributed by atoms with Crippen LogP contribution in [0.5, 0.6) is 17.2 Å². The Morgan fingerprint density at radius 3 is 2.16 bits per heavy atom. The second-order valence-electron chi connectivity index (χ2n) is 6.83. The molecule has 1 aliphatic heterocycles. The molecule has 9 nitrogen and oxygen atoms in total. The van der Waals surface area contributed by atoms with E-state index >= 15 is 0 Å². The number of sulfonamides is 2. The summed E-state index contributed by atoms with van der Waals surface area (Å²) in [6.07, 6.45) is 1.57. The van der Waals surface area contributed by atoms with Gasteiger partial charge in [0.15, 0.2) is 11.5 Å². The fourth-order valence-corrected chi connectivity index (χ4v) is 6.05. The summed E-state index contributed by atoms with van der Waals surface area (Å²) in [5.41, 5.74) is 0.107. The zero-order chi connectivity index (χ0) is 22.6. The molecule has 11 heteroatoms. The van der Waals surface area contributed by atoms with E-state index in [-0.39, 0.29) is 33.6 Å². The van der Waals surface area contributed by atoms with Crippen LogP contribution in [0.2, 0.25) is 0 Å². The number of methoxy groups -OCH3 is 2. The Bertz CT molecular complexity index is 1140. The molecule has 3 rings (SSSR count). The number of benzene rings is 2. The van der Waals surface area contributed by atoms with Gasteiger partial charge < -0.3 is 14.2 Å². The van der Waals surface area contributed by atoms with E-state index in [1.165, 1.54) is 54.9 Å². The van der Waals surface area contributed by atoms with E-state index in [0.29, 0.717) is 18.8 Å². The topological polar surface area (TPSA) is 111 Å². The maximum atomic E-state index is 13.1. The van der Waals surface area contributed by atoms with Crippen LogP contribution in [-0.2, 0) is 20.0 Å². The molecule has 0 radical (unpaired) electrons. The molecule has 170 valence electrons. The van der Waals surface area contributed by atoms with Crippen molar-refractivity contribution in [1.82, 2.24) is 4.31 Å². The number of anilines is 1. The zero-order valence-corrected chi connectivity index (χ0v) is 19.3. The summed E-state index contributed by atoms with van der Waals surface area (Å²) in [5.74, 6) is 0.833. The van der Waals surface area contributed by atoms with Gasteiger partial charge in [-0.25, -0.2) is 16.8 Å². The molecule has 1 saturated heterocycles. The fraction of sp³-hybridized carbons (Fsp3) is 0.400. The van der Waals surface area contributed by atoms with Crippen LogP contribution in [0.4, 0.5) is 5.69 Å². The van der Waals surface area contributed by atoms with Crippen molar-refractivity contribution in [2.75, 3.05) is 38.6 Å². The van der Waals surface area contributed by atoms with Crippen LogP contribution in [0.15, 0.2) is 46.2 Å². The van der Waals surface area contributed by atoms with E-state index in [1.807, 2.05) is 0 Å². The largest absolute Gasteiger partial charge is 0.493 e. The van der Waals surface area contributed by atoms with Gasteiger partial charge in [-0.15, -0.1) is 0 Å². The summed E-state index contributed by atoms with van der Waals surface area (Å²) in [6.45, 7) is 2.88. The number of hydrogen-bond donors (Lipinski definition) is 1. The molecule has 0 amide bonds. The first-order valence-electron chi connectivity index (χ1n) is 9.74. The highest BCUT2D eigenvalue weighted by molar-refractivity contribution is 7.92. The summed E-state index contributed by atoms with van der Waals surface area (Å²) < 4.78 is 71.6. The summed E-state index contributed by atoms with van der Waals surface area (Å²) in [6, 6.07) is 8.40. The van der Waals surface area contributed by atoms with E-state index in [9.17, 15) is 16.8 Å². The van der Waals surface area contributed by atoms with E-state index in [2.05, 4.69) is 4.72 Å². The lowest BCUT2D eigenvalue weighted by molar-refractivity contribution is 0.330. The Labute approximate surface area is 183 Å². The zero-order valence-electron chi connectivity index (χ0n) is 17.6. The molecule has 31 heavy (non-hydrogen) atoms. The van der Waals surface area contributed by atoms with Crippen molar-refractivity contribution in [3.05, 3.63) is 36.4 Å². The number of nitrogens with zero attached hydrogens (tertiary/aromatic N) is 1. The van der Waals surface area contributed by atoms with Crippen molar-refractivity contribution in [3.8, 4) is 17.2 Å². The van der Waals surface area contributed by atoms with Crippen molar-refractivity contribution in [1.29, 1.82) is 0 Å². The normalized spacial score (nSPS) is 14.9. The minimum absolute atomic E-state index is 0.0528. The second kappa shape index (κ2) is 9.33. The van der Waals surface area contributed by atoms with Crippen LogP contribution in [0, 0.1) is 0 Å². The molecule has 0 spiro atoms. The van der Waals surface area contributed by atoms with Gasteiger partial charge in [0.2, 0.25) is 10.0 Å². The first kappa shape index (κ1) is 23.2. The predicted molar refractivity (Wildman–Crippen MR) is 116 cm³/mol. The number of ether oxygens (including phenoxy) is 3. The third-order valence-corrected chi connectivity index (χ3v) is 8.14. The second-order valence-corrected chi connectivity index (χ2v) is 10.4. The SMILES string of the molecule is CCOc1ccc(NS(=O)(=O)c2ccc(OC)c(OC)c2)cc1S(=O)(=O)N1CCCC1. The molecule has 1 heterocycles. The Morgan fingerprint density at radius 2 is 1.55 bits per heavy atom. The minimum atomic E-state index is -4.01. The average molecular weight is 471 g/mol. The molecule has 2 aromatic carbocycles. The first-order chi connectivity index (χ1) is 14.7. The predicted octanol–water partition coefficient (Wildman–Crippen LogP) is 2.69. The number of rotatable bonds is 9. The van der Waals surface area contributed by atoms with Gasteiger partial charge in [0.25, 0.3) is 10.0 Å².